The third-order valence-corrected chi connectivity index (χ3v) is 3.97. The number of nitriles is 1. The third-order valence-electron chi connectivity index (χ3n) is 3.97. The summed E-state index contributed by atoms with van der Waals surface area (Å²) in [6.07, 6.45) is 1.55. The predicted molar refractivity (Wildman–Crippen MR) is 98.5 cm³/mol. The van der Waals surface area contributed by atoms with Crippen LogP contribution in [-0.2, 0) is 0 Å². The van der Waals surface area contributed by atoms with E-state index in [-0.39, 0.29) is 0 Å². The quantitative estimate of drug-likeness (QED) is 0.579. The number of aromatic nitrogens is 3. The van der Waals surface area contributed by atoms with Crippen molar-refractivity contribution in [3.63, 3.8) is 0 Å². The third kappa shape index (κ3) is 2.93. The molecule has 0 atom stereocenters. The van der Waals surface area contributed by atoms with Crippen molar-refractivity contribution in [2.45, 2.75) is 6.92 Å². The van der Waals surface area contributed by atoms with Crippen molar-refractivity contribution in [2.75, 3.05) is 5.32 Å². The van der Waals surface area contributed by atoms with Gasteiger partial charge >= 0.3 is 0 Å². The van der Waals surface area contributed by atoms with E-state index < -0.39 is 0 Å². The second-order valence-corrected chi connectivity index (χ2v) is 5.81. The Morgan fingerprint density at radius 3 is 2.72 bits per heavy atom. The summed E-state index contributed by atoms with van der Waals surface area (Å²) in [4.78, 5) is 12.1. The standard InChI is InChI=1S/C20H15N5/c1-13-9-15-10-17(7-8-18(15)23-13)24-20-22-12-16(11-21)19(25-20)14-5-3-2-4-6-14/h2-10,12,23H,1H3,(H,22,24,25). The first-order chi connectivity index (χ1) is 12.2. The second kappa shape index (κ2) is 6.10. The minimum Gasteiger partial charge on any atom is -0.359 e. The van der Waals surface area contributed by atoms with E-state index in [0.29, 0.717) is 17.2 Å². The van der Waals surface area contributed by atoms with Gasteiger partial charge in [0.25, 0.3) is 0 Å². The fourth-order valence-corrected chi connectivity index (χ4v) is 2.82. The van der Waals surface area contributed by atoms with Gasteiger partial charge in [-0.05, 0) is 31.2 Å². The number of fused-ring (bicyclic) bond motifs is 1. The van der Waals surface area contributed by atoms with E-state index in [1.807, 2.05) is 55.5 Å². The molecule has 0 aliphatic heterocycles. The Balaban J connectivity index is 1.71. The first kappa shape index (κ1) is 14.9. The lowest BCUT2D eigenvalue weighted by atomic mass is 10.1. The SMILES string of the molecule is Cc1cc2cc(Nc3ncc(C#N)c(-c4ccccc4)n3)ccc2[nH]1. The maximum atomic E-state index is 9.33. The first-order valence-corrected chi connectivity index (χ1v) is 7.92. The van der Waals surface area contributed by atoms with Gasteiger partial charge in [-0.15, -0.1) is 0 Å². The van der Waals surface area contributed by atoms with Gasteiger partial charge in [0.1, 0.15) is 6.07 Å². The number of aryl methyl sites for hydroxylation is 1. The van der Waals surface area contributed by atoms with E-state index in [1.165, 1.54) is 0 Å². The molecule has 0 saturated heterocycles. The zero-order valence-corrected chi connectivity index (χ0v) is 13.6. The van der Waals surface area contributed by atoms with Crippen molar-refractivity contribution in [1.82, 2.24) is 15.0 Å². The van der Waals surface area contributed by atoms with Crippen molar-refractivity contribution in [3.8, 4) is 17.3 Å². The highest BCUT2D eigenvalue weighted by Crippen LogP contribution is 2.25. The van der Waals surface area contributed by atoms with Crippen LogP contribution >= 0.6 is 0 Å². The molecule has 0 aliphatic rings. The van der Waals surface area contributed by atoms with Gasteiger partial charge in [-0.2, -0.15) is 5.26 Å². The number of H-pyrrole nitrogens is 1. The second-order valence-electron chi connectivity index (χ2n) is 5.81. The molecule has 2 heterocycles. The van der Waals surface area contributed by atoms with E-state index in [1.54, 1.807) is 6.20 Å². The van der Waals surface area contributed by atoms with Crippen LogP contribution in [0.25, 0.3) is 22.2 Å². The number of aromatic amines is 1. The summed E-state index contributed by atoms with van der Waals surface area (Å²) in [5, 5.41) is 13.7. The molecule has 5 nitrogen and oxygen atoms in total. The topological polar surface area (TPSA) is 77.4 Å². The number of anilines is 2. The Morgan fingerprint density at radius 1 is 1.08 bits per heavy atom. The summed E-state index contributed by atoms with van der Waals surface area (Å²) in [5.74, 6) is 0.462. The van der Waals surface area contributed by atoms with Crippen molar-refractivity contribution in [2.24, 2.45) is 0 Å². The molecule has 0 saturated carbocycles. The van der Waals surface area contributed by atoms with Crippen LogP contribution in [-0.4, -0.2) is 15.0 Å². The Morgan fingerprint density at radius 2 is 1.92 bits per heavy atom. The molecular formula is C20H15N5. The molecule has 0 radical (unpaired) electrons. The maximum Gasteiger partial charge on any atom is 0.227 e. The lowest BCUT2D eigenvalue weighted by Crippen LogP contribution is -2.00. The van der Waals surface area contributed by atoms with Crippen molar-refractivity contribution >= 4 is 22.5 Å². The fraction of sp³-hybridized carbons (Fsp3) is 0.0500. The van der Waals surface area contributed by atoms with Crippen LogP contribution in [0.4, 0.5) is 11.6 Å². The van der Waals surface area contributed by atoms with Crippen molar-refractivity contribution in [1.29, 1.82) is 5.26 Å². The average molecular weight is 325 g/mol. The minimum absolute atomic E-state index is 0.452. The number of nitrogens with one attached hydrogen (secondary N) is 2. The lowest BCUT2D eigenvalue weighted by Gasteiger charge is -2.08. The van der Waals surface area contributed by atoms with E-state index in [2.05, 4.69) is 32.4 Å². The minimum atomic E-state index is 0.452. The molecular weight excluding hydrogens is 310 g/mol. The van der Waals surface area contributed by atoms with Crippen LogP contribution in [0.2, 0.25) is 0 Å². The summed E-state index contributed by atoms with van der Waals surface area (Å²) in [6, 6.07) is 19.9. The van der Waals surface area contributed by atoms with Crippen LogP contribution in [0.5, 0.6) is 0 Å². The average Bonchev–Trinajstić information content (AvgIpc) is 3.02. The smallest absolute Gasteiger partial charge is 0.227 e. The Labute approximate surface area is 145 Å². The van der Waals surface area contributed by atoms with Gasteiger partial charge in [-0.3, -0.25) is 0 Å². The monoisotopic (exact) mass is 325 g/mol. The van der Waals surface area contributed by atoms with Crippen molar-refractivity contribution in [3.05, 3.63) is 72.1 Å². The van der Waals surface area contributed by atoms with E-state index in [9.17, 15) is 5.26 Å². The van der Waals surface area contributed by atoms with Crippen LogP contribution in [0.1, 0.15) is 11.3 Å². The molecule has 0 unspecified atom stereocenters. The molecule has 5 heteroatoms. The zero-order valence-electron chi connectivity index (χ0n) is 13.6. The van der Waals surface area contributed by atoms with Gasteiger partial charge in [0.05, 0.1) is 17.5 Å². The van der Waals surface area contributed by atoms with Crippen LogP contribution in [0.15, 0.2) is 60.8 Å². The zero-order chi connectivity index (χ0) is 17.2. The molecule has 4 rings (SSSR count). The molecule has 0 amide bonds. The van der Waals surface area contributed by atoms with Gasteiger partial charge in [0, 0.05) is 27.8 Å². The normalized spacial score (nSPS) is 10.6. The summed E-state index contributed by atoms with van der Waals surface area (Å²) < 4.78 is 0. The Hall–Kier alpha value is -3.65. The Bertz CT molecular complexity index is 1090. The fourth-order valence-electron chi connectivity index (χ4n) is 2.82. The van der Waals surface area contributed by atoms with Gasteiger partial charge in [0.2, 0.25) is 5.95 Å². The van der Waals surface area contributed by atoms with Gasteiger partial charge in [0.15, 0.2) is 0 Å². The highest BCUT2D eigenvalue weighted by molar-refractivity contribution is 5.84. The van der Waals surface area contributed by atoms with E-state index in [4.69, 9.17) is 0 Å². The number of hydrogen-bond donors (Lipinski definition) is 2. The number of nitrogens with zero attached hydrogens (tertiary/aromatic N) is 3. The van der Waals surface area contributed by atoms with E-state index in [0.717, 1.165) is 27.8 Å². The van der Waals surface area contributed by atoms with E-state index >= 15 is 0 Å². The maximum absolute atomic E-state index is 9.33. The molecule has 2 N–H and O–H groups in total. The van der Waals surface area contributed by atoms with Gasteiger partial charge in [-0.25, -0.2) is 9.97 Å². The largest absolute Gasteiger partial charge is 0.359 e. The summed E-state index contributed by atoms with van der Waals surface area (Å²) >= 11 is 0. The first-order valence-electron chi connectivity index (χ1n) is 7.92. The van der Waals surface area contributed by atoms with Gasteiger partial charge in [-0.1, -0.05) is 30.3 Å². The predicted octanol–water partition coefficient (Wildman–Crippen LogP) is 4.55. The molecule has 0 aliphatic carbocycles. The summed E-state index contributed by atoms with van der Waals surface area (Å²) in [7, 11) is 0. The lowest BCUT2D eigenvalue weighted by molar-refractivity contribution is 1.16. The molecule has 4 aromatic rings. The highest BCUT2D eigenvalue weighted by atomic mass is 15.1. The molecule has 0 fully saturated rings. The number of benzene rings is 2. The van der Waals surface area contributed by atoms with Crippen LogP contribution in [0.3, 0.4) is 0 Å². The molecule has 120 valence electrons. The summed E-state index contributed by atoms with van der Waals surface area (Å²) in [6.45, 7) is 2.03. The highest BCUT2D eigenvalue weighted by Gasteiger charge is 2.10. The molecule has 0 bridgehead atoms. The molecule has 2 aromatic heterocycles. The molecule has 0 spiro atoms. The van der Waals surface area contributed by atoms with Crippen LogP contribution < -0.4 is 5.32 Å². The number of hydrogen-bond acceptors (Lipinski definition) is 4. The number of rotatable bonds is 3. The molecule has 25 heavy (non-hydrogen) atoms. The van der Waals surface area contributed by atoms with Gasteiger partial charge < -0.3 is 10.3 Å². The Kier molecular flexibility index (Phi) is 3.64. The summed E-state index contributed by atoms with van der Waals surface area (Å²) in [5.41, 5.74) is 5.07. The molecule has 2 aromatic carbocycles. The van der Waals surface area contributed by atoms with Crippen molar-refractivity contribution < 1.29 is 0 Å². The van der Waals surface area contributed by atoms with Crippen LogP contribution in [0, 0.1) is 18.3 Å².